The van der Waals surface area contributed by atoms with E-state index < -0.39 is 0 Å². The normalized spacial score (nSPS) is 10.6. The summed E-state index contributed by atoms with van der Waals surface area (Å²) in [7, 11) is 1.72. The van der Waals surface area contributed by atoms with Crippen molar-refractivity contribution < 1.29 is 4.79 Å². The van der Waals surface area contributed by atoms with Crippen LogP contribution in [0.2, 0.25) is 5.02 Å². The number of halogens is 1. The fraction of sp³-hybridized carbons (Fsp3) is 0.333. The van der Waals surface area contributed by atoms with E-state index in [2.05, 4.69) is 20.8 Å². The van der Waals surface area contributed by atoms with Crippen molar-refractivity contribution >= 4 is 35.0 Å². The van der Waals surface area contributed by atoms with Crippen molar-refractivity contribution in [3.8, 4) is 0 Å². The second-order valence-electron chi connectivity index (χ2n) is 4.36. The molecule has 2 aromatic rings. The van der Waals surface area contributed by atoms with Gasteiger partial charge in [-0.25, -0.2) is 4.68 Å². The molecule has 0 atom stereocenters. The molecule has 0 aliphatic heterocycles. The molecule has 1 amide bonds. The van der Waals surface area contributed by atoms with Gasteiger partial charge in [-0.1, -0.05) is 29.4 Å². The van der Waals surface area contributed by atoms with Crippen LogP contribution in [0.1, 0.15) is 11.1 Å². The Morgan fingerprint density at radius 1 is 1.45 bits per heavy atom. The van der Waals surface area contributed by atoms with Crippen LogP contribution in [0.5, 0.6) is 0 Å². The molecule has 0 bridgehead atoms. The van der Waals surface area contributed by atoms with Crippen LogP contribution < -0.4 is 5.32 Å². The third kappa shape index (κ3) is 3.49. The molecule has 1 aromatic heterocycles. The molecule has 0 saturated heterocycles. The maximum absolute atomic E-state index is 11.9. The Labute approximate surface area is 125 Å². The van der Waals surface area contributed by atoms with E-state index in [9.17, 15) is 4.79 Å². The highest BCUT2D eigenvalue weighted by Crippen LogP contribution is 2.27. The molecule has 0 fully saturated rings. The summed E-state index contributed by atoms with van der Waals surface area (Å²) in [5.41, 5.74) is 2.65. The molecule has 106 valence electrons. The Bertz CT molecular complexity index is 620. The van der Waals surface area contributed by atoms with Crippen molar-refractivity contribution in [2.45, 2.75) is 19.0 Å². The Balaban J connectivity index is 2.00. The monoisotopic (exact) mass is 311 g/mol. The van der Waals surface area contributed by atoms with Crippen molar-refractivity contribution in [1.82, 2.24) is 20.2 Å². The predicted octanol–water partition coefficient (Wildman–Crippen LogP) is 2.21. The topological polar surface area (TPSA) is 72.7 Å². The second-order valence-corrected chi connectivity index (χ2v) is 5.71. The lowest BCUT2D eigenvalue weighted by molar-refractivity contribution is -0.113. The van der Waals surface area contributed by atoms with Gasteiger partial charge in [-0.2, -0.15) is 0 Å². The summed E-state index contributed by atoms with van der Waals surface area (Å²) >= 11 is 7.41. The van der Waals surface area contributed by atoms with E-state index in [0.717, 1.165) is 11.1 Å². The van der Waals surface area contributed by atoms with Crippen LogP contribution in [0.4, 0.5) is 5.69 Å². The molecule has 0 spiro atoms. The molecule has 8 heteroatoms. The lowest BCUT2D eigenvalue weighted by Gasteiger charge is -2.11. The van der Waals surface area contributed by atoms with Crippen LogP contribution in [0, 0.1) is 13.8 Å². The molecule has 1 aromatic carbocycles. The van der Waals surface area contributed by atoms with Gasteiger partial charge >= 0.3 is 0 Å². The number of rotatable bonds is 4. The van der Waals surface area contributed by atoms with E-state index in [4.69, 9.17) is 11.6 Å². The van der Waals surface area contributed by atoms with Gasteiger partial charge in [0.2, 0.25) is 11.1 Å². The molecule has 0 aliphatic carbocycles. The lowest BCUT2D eigenvalue weighted by Crippen LogP contribution is -2.15. The van der Waals surface area contributed by atoms with Crippen LogP contribution in [-0.4, -0.2) is 31.9 Å². The van der Waals surface area contributed by atoms with Crippen molar-refractivity contribution in [2.75, 3.05) is 11.1 Å². The molecule has 0 aliphatic rings. The number of amides is 1. The summed E-state index contributed by atoms with van der Waals surface area (Å²) in [4.78, 5) is 11.9. The molecule has 2 rings (SSSR count). The highest BCUT2D eigenvalue weighted by Gasteiger charge is 2.11. The average molecular weight is 312 g/mol. The van der Waals surface area contributed by atoms with Crippen LogP contribution in [0.15, 0.2) is 17.3 Å². The van der Waals surface area contributed by atoms with Crippen molar-refractivity contribution in [1.29, 1.82) is 0 Å². The number of hydrogen-bond donors (Lipinski definition) is 1. The van der Waals surface area contributed by atoms with E-state index in [1.807, 2.05) is 26.0 Å². The van der Waals surface area contributed by atoms with Crippen LogP contribution in [0.3, 0.4) is 0 Å². The zero-order valence-corrected chi connectivity index (χ0v) is 12.9. The number of benzene rings is 1. The quantitative estimate of drug-likeness (QED) is 0.876. The third-order valence-electron chi connectivity index (χ3n) is 2.61. The zero-order chi connectivity index (χ0) is 14.7. The number of nitrogens with zero attached hydrogens (tertiary/aromatic N) is 4. The summed E-state index contributed by atoms with van der Waals surface area (Å²) < 4.78 is 1.52. The molecule has 0 radical (unpaired) electrons. The number of carbonyl (C=O) groups is 1. The van der Waals surface area contributed by atoms with E-state index in [1.165, 1.54) is 16.4 Å². The van der Waals surface area contributed by atoms with Crippen LogP contribution in [0.25, 0.3) is 0 Å². The van der Waals surface area contributed by atoms with E-state index in [-0.39, 0.29) is 11.7 Å². The summed E-state index contributed by atoms with van der Waals surface area (Å²) in [6.07, 6.45) is 0. The Morgan fingerprint density at radius 3 is 2.80 bits per heavy atom. The standard InChI is InChI=1S/C12H14ClN5OS/c1-7-4-8(2)11(9(13)5-7)14-10(19)6-20-12-15-16-17-18(12)3/h4-5H,6H2,1-3H3,(H,14,19). The zero-order valence-electron chi connectivity index (χ0n) is 11.3. The number of anilines is 1. The number of aryl methyl sites for hydroxylation is 3. The first-order valence-corrected chi connectivity index (χ1v) is 7.25. The first-order chi connectivity index (χ1) is 9.47. The molecular formula is C12H14ClN5OS. The molecule has 20 heavy (non-hydrogen) atoms. The first kappa shape index (κ1) is 14.8. The first-order valence-electron chi connectivity index (χ1n) is 5.89. The SMILES string of the molecule is Cc1cc(C)c(NC(=O)CSc2nnnn2C)c(Cl)c1. The average Bonchev–Trinajstić information content (AvgIpc) is 2.77. The van der Waals surface area contributed by atoms with Gasteiger partial charge in [0, 0.05) is 7.05 Å². The van der Waals surface area contributed by atoms with Gasteiger partial charge in [-0.15, -0.1) is 5.10 Å². The number of thioether (sulfide) groups is 1. The number of carbonyl (C=O) groups excluding carboxylic acids is 1. The minimum Gasteiger partial charge on any atom is -0.324 e. The van der Waals surface area contributed by atoms with Crippen molar-refractivity contribution in [3.63, 3.8) is 0 Å². The van der Waals surface area contributed by atoms with Gasteiger partial charge in [0.05, 0.1) is 16.5 Å². The minimum atomic E-state index is -0.146. The smallest absolute Gasteiger partial charge is 0.234 e. The summed E-state index contributed by atoms with van der Waals surface area (Å²) in [5.74, 6) is 0.0737. The van der Waals surface area contributed by atoms with Gasteiger partial charge in [-0.3, -0.25) is 4.79 Å². The van der Waals surface area contributed by atoms with Gasteiger partial charge in [-0.05, 0) is 41.5 Å². The third-order valence-corrected chi connectivity index (χ3v) is 3.92. The number of aromatic nitrogens is 4. The van der Waals surface area contributed by atoms with Gasteiger partial charge in [0.15, 0.2) is 0 Å². The van der Waals surface area contributed by atoms with Crippen molar-refractivity contribution in [3.05, 3.63) is 28.3 Å². The molecule has 6 nitrogen and oxygen atoms in total. The Kier molecular flexibility index (Phi) is 4.61. The largest absolute Gasteiger partial charge is 0.324 e. The highest BCUT2D eigenvalue weighted by atomic mass is 35.5. The lowest BCUT2D eigenvalue weighted by atomic mass is 10.1. The Hall–Kier alpha value is -1.60. The second kappa shape index (κ2) is 6.23. The number of hydrogen-bond acceptors (Lipinski definition) is 5. The summed E-state index contributed by atoms with van der Waals surface area (Å²) in [6, 6.07) is 3.80. The van der Waals surface area contributed by atoms with Crippen molar-refractivity contribution in [2.24, 2.45) is 7.05 Å². The molecule has 1 heterocycles. The Morgan fingerprint density at radius 2 is 2.20 bits per heavy atom. The van der Waals surface area contributed by atoms with Gasteiger partial charge in [0.1, 0.15) is 0 Å². The molecule has 0 unspecified atom stereocenters. The van der Waals surface area contributed by atoms with Gasteiger partial charge < -0.3 is 5.32 Å². The summed E-state index contributed by atoms with van der Waals surface area (Å²) in [6.45, 7) is 3.87. The fourth-order valence-corrected chi connectivity index (χ4v) is 2.74. The van der Waals surface area contributed by atoms with Gasteiger partial charge in [0.25, 0.3) is 0 Å². The van der Waals surface area contributed by atoms with E-state index in [0.29, 0.717) is 15.9 Å². The fourth-order valence-electron chi connectivity index (χ4n) is 1.72. The molecule has 0 saturated carbocycles. The predicted molar refractivity (Wildman–Crippen MR) is 79.1 cm³/mol. The van der Waals surface area contributed by atoms with Crippen LogP contribution in [-0.2, 0) is 11.8 Å². The maximum Gasteiger partial charge on any atom is 0.234 e. The summed E-state index contributed by atoms with van der Waals surface area (Å²) in [5, 5.41) is 15.0. The number of nitrogens with one attached hydrogen (secondary N) is 1. The molecular weight excluding hydrogens is 298 g/mol. The molecule has 1 N–H and O–H groups in total. The minimum absolute atomic E-state index is 0.146. The van der Waals surface area contributed by atoms with Crippen LogP contribution >= 0.6 is 23.4 Å². The maximum atomic E-state index is 11.9. The number of tetrazole rings is 1. The highest BCUT2D eigenvalue weighted by molar-refractivity contribution is 7.99. The van der Waals surface area contributed by atoms with E-state index in [1.54, 1.807) is 7.05 Å². The van der Waals surface area contributed by atoms with E-state index >= 15 is 0 Å².